The van der Waals surface area contributed by atoms with E-state index in [1.807, 2.05) is 20.8 Å². The smallest absolute Gasteiger partial charge is 0.139 e. The van der Waals surface area contributed by atoms with E-state index in [0.717, 1.165) is 19.3 Å². The molecule has 1 saturated carbocycles. The lowest BCUT2D eigenvalue weighted by molar-refractivity contribution is -0.136. The fraction of sp³-hybridized carbons (Fsp3) is 0.833. The first-order valence-corrected chi connectivity index (χ1v) is 5.52. The second-order valence-electron chi connectivity index (χ2n) is 4.99. The molecule has 1 fully saturated rings. The third-order valence-electron chi connectivity index (χ3n) is 3.26. The molecule has 0 amide bonds. The van der Waals surface area contributed by atoms with E-state index in [0.29, 0.717) is 12.8 Å². The molecule has 1 aliphatic carbocycles. The van der Waals surface area contributed by atoms with E-state index in [1.165, 1.54) is 0 Å². The molecule has 0 aromatic carbocycles. The summed E-state index contributed by atoms with van der Waals surface area (Å²) in [6, 6.07) is 0. The predicted molar refractivity (Wildman–Crippen MR) is 56.0 cm³/mol. The predicted octanol–water partition coefficient (Wildman–Crippen LogP) is 2.75. The molecule has 1 atom stereocenters. The summed E-state index contributed by atoms with van der Waals surface area (Å²) in [6.07, 6.45) is 4.10. The van der Waals surface area contributed by atoms with Gasteiger partial charge in [-0.25, -0.2) is 0 Å². The normalized spacial score (nSPS) is 28.1. The highest BCUT2D eigenvalue weighted by Gasteiger charge is 2.37. The van der Waals surface area contributed by atoms with Crippen LogP contribution in [0.5, 0.6) is 0 Å². The quantitative estimate of drug-likeness (QED) is 0.695. The molecule has 0 N–H and O–H groups in total. The molecule has 1 unspecified atom stereocenters. The van der Waals surface area contributed by atoms with Gasteiger partial charge in [-0.15, -0.1) is 0 Å². The van der Waals surface area contributed by atoms with Crippen molar-refractivity contribution < 1.29 is 9.59 Å². The van der Waals surface area contributed by atoms with Crippen LogP contribution in [0.2, 0.25) is 0 Å². The standard InChI is InChI=1S/C12H20O2/c1-9(2)10(13)8-12(3)7-5-4-6-11(12)14/h9H,4-8H2,1-3H3. The summed E-state index contributed by atoms with van der Waals surface area (Å²) in [5.41, 5.74) is -0.348. The Bertz CT molecular complexity index is 243. The van der Waals surface area contributed by atoms with Gasteiger partial charge in [0.05, 0.1) is 0 Å². The first-order chi connectivity index (χ1) is 6.46. The third kappa shape index (κ3) is 2.43. The molecule has 0 saturated heterocycles. The molecule has 1 aliphatic rings. The molecular weight excluding hydrogens is 176 g/mol. The second-order valence-corrected chi connectivity index (χ2v) is 4.99. The van der Waals surface area contributed by atoms with Gasteiger partial charge in [-0.05, 0) is 12.8 Å². The Hall–Kier alpha value is -0.660. The van der Waals surface area contributed by atoms with Crippen molar-refractivity contribution in [2.24, 2.45) is 11.3 Å². The summed E-state index contributed by atoms with van der Waals surface area (Å²) in [5.74, 6) is 0.571. The van der Waals surface area contributed by atoms with Gasteiger partial charge in [0.2, 0.25) is 0 Å². The average molecular weight is 196 g/mol. The van der Waals surface area contributed by atoms with E-state index in [2.05, 4.69) is 0 Å². The lowest BCUT2D eigenvalue weighted by Gasteiger charge is -2.31. The molecule has 0 heterocycles. The molecule has 0 radical (unpaired) electrons. The molecule has 14 heavy (non-hydrogen) atoms. The Balaban J connectivity index is 2.64. The number of carbonyl (C=O) groups excluding carboxylic acids is 2. The van der Waals surface area contributed by atoms with E-state index in [-0.39, 0.29) is 22.9 Å². The van der Waals surface area contributed by atoms with Gasteiger partial charge >= 0.3 is 0 Å². The Morgan fingerprint density at radius 2 is 2.07 bits per heavy atom. The molecule has 0 aromatic rings. The second kappa shape index (κ2) is 4.24. The first kappa shape index (κ1) is 11.4. The van der Waals surface area contributed by atoms with E-state index < -0.39 is 0 Å². The van der Waals surface area contributed by atoms with Crippen LogP contribution in [0.15, 0.2) is 0 Å². The zero-order chi connectivity index (χ0) is 10.8. The Morgan fingerprint density at radius 1 is 1.43 bits per heavy atom. The van der Waals surface area contributed by atoms with Gasteiger partial charge in [-0.2, -0.15) is 0 Å². The topological polar surface area (TPSA) is 34.1 Å². The summed E-state index contributed by atoms with van der Waals surface area (Å²) >= 11 is 0. The van der Waals surface area contributed by atoms with Crippen molar-refractivity contribution in [2.75, 3.05) is 0 Å². The van der Waals surface area contributed by atoms with Gasteiger partial charge < -0.3 is 0 Å². The van der Waals surface area contributed by atoms with Gasteiger partial charge in [0.25, 0.3) is 0 Å². The van der Waals surface area contributed by atoms with Gasteiger partial charge in [-0.1, -0.05) is 27.2 Å². The monoisotopic (exact) mass is 196 g/mol. The van der Waals surface area contributed by atoms with E-state index in [4.69, 9.17) is 0 Å². The maximum Gasteiger partial charge on any atom is 0.139 e. The number of hydrogen-bond acceptors (Lipinski definition) is 2. The summed E-state index contributed by atoms with van der Waals surface area (Å²) in [6.45, 7) is 5.76. The fourth-order valence-electron chi connectivity index (χ4n) is 2.02. The van der Waals surface area contributed by atoms with Gasteiger partial charge in [0.1, 0.15) is 11.6 Å². The van der Waals surface area contributed by atoms with Crippen LogP contribution < -0.4 is 0 Å². The fourth-order valence-corrected chi connectivity index (χ4v) is 2.02. The highest BCUT2D eigenvalue weighted by molar-refractivity contribution is 5.91. The Kier molecular flexibility index (Phi) is 3.46. The van der Waals surface area contributed by atoms with Crippen LogP contribution in [-0.2, 0) is 9.59 Å². The zero-order valence-electron chi connectivity index (χ0n) is 9.43. The van der Waals surface area contributed by atoms with Crippen LogP contribution >= 0.6 is 0 Å². The number of hydrogen-bond donors (Lipinski definition) is 0. The van der Waals surface area contributed by atoms with Gasteiger partial charge in [0.15, 0.2) is 0 Å². The van der Waals surface area contributed by atoms with Gasteiger partial charge in [0, 0.05) is 24.2 Å². The number of carbonyl (C=O) groups is 2. The molecule has 2 heteroatoms. The molecule has 0 spiro atoms. The SMILES string of the molecule is CC(C)C(=O)CC1(C)CCCCC1=O. The van der Waals surface area contributed by atoms with Crippen molar-refractivity contribution in [3.05, 3.63) is 0 Å². The lowest BCUT2D eigenvalue weighted by Crippen LogP contribution is -2.34. The molecule has 0 aromatic heterocycles. The largest absolute Gasteiger partial charge is 0.299 e. The number of rotatable bonds is 3. The van der Waals surface area contributed by atoms with E-state index in [9.17, 15) is 9.59 Å². The summed E-state index contributed by atoms with van der Waals surface area (Å²) < 4.78 is 0. The minimum absolute atomic E-state index is 0.0570. The van der Waals surface area contributed by atoms with Crippen molar-refractivity contribution in [2.45, 2.75) is 52.9 Å². The van der Waals surface area contributed by atoms with E-state index in [1.54, 1.807) is 0 Å². The van der Waals surface area contributed by atoms with Gasteiger partial charge in [-0.3, -0.25) is 9.59 Å². The van der Waals surface area contributed by atoms with Crippen LogP contribution in [0, 0.1) is 11.3 Å². The van der Waals surface area contributed by atoms with Crippen LogP contribution in [0.25, 0.3) is 0 Å². The van der Waals surface area contributed by atoms with Crippen molar-refractivity contribution in [3.63, 3.8) is 0 Å². The highest BCUT2D eigenvalue weighted by atomic mass is 16.1. The van der Waals surface area contributed by atoms with Crippen molar-refractivity contribution >= 4 is 11.6 Å². The Morgan fingerprint density at radius 3 is 2.57 bits per heavy atom. The minimum atomic E-state index is -0.348. The van der Waals surface area contributed by atoms with Crippen LogP contribution in [0.4, 0.5) is 0 Å². The van der Waals surface area contributed by atoms with E-state index >= 15 is 0 Å². The summed E-state index contributed by atoms with van der Waals surface area (Å²) in [5, 5.41) is 0. The molecular formula is C12H20O2. The number of ketones is 2. The maximum atomic E-state index is 11.7. The average Bonchev–Trinajstić information content (AvgIpc) is 2.10. The first-order valence-electron chi connectivity index (χ1n) is 5.52. The zero-order valence-corrected chi connectivity index (χ0v) is 9.43. The lowest BCUT2D eigenvalue weighted by atomic mass is 9.70. The molecule has 2 nitrogen and oxygen atoms in total. The molecule has 0 aliphatic heterocycles. The van der Waals surface area contributed by atoms with Crippen LogP contribution in [0.1, 0.15) is 52.9 Å². The molecule has 80 valence electrons. The number of Topliss-reactive ketones (excluding diaryl/α,β-unsaturated/α-hetero) is 2. The van der Waals surface area contributed by atoms with Crippen molar-refractivity contribution in [3.8, 4) is 0 Å². The maximum absolute atomic E-state index is 11.7. The third-order valence-corrected chi connectivity index (χ3v) is 3.26. The van der Waals surface area contributed by atoms with Crippen LogP contribution in [0.3, 0.4) is 0 Å². The molecule has 1 rings (SSSR count). The van der Waals surface area contributed by atoms with Crippen molar-refractivity contribution in [1.29, 1.82) is 0 Å². The Labute approximate surface area is 86.1 Å². The minimum Gasteiger partial charge on any atom is -0.299 e. The molecule has 0 bridgehead atoms. The summed E-state index contributed by atoms with van der Waals surface area (Å²) in [7, 11) is 0. The highest BCUT2D eigenvalue weighted by Crippen LogP contribution is 2.36. The van der Waals surface area contributed by atoms with Crippen LogP contribution in [-0.4, -0.2) is 11.6 Å². The van der Waals surface area contributed by atoms with Crippen molar-refractivity contribution in [1.82, 2.24) is 0 Å². The summed E-state index contributed by atoms with van der Waals surface area (Å²) in [4.78, 5) is 23.3.